The quantitative estimate of drug-likeness (QED) is 0.193. The first-order valence-corrected chi connectivity index (χ1v) is 12.7. The lowest BCUT2D eigenvalue weighted by molar-refractivity contribution is 0.454. The van der Waals surface area contributed by atoms with Crippen LogP contribution >= 0.6 is 11.6 Å². The zero-order valence-corrected chi connectivity index (χ0v) is 20.3. The number of para-hydroxylation sites is 1. The molecule has 6 N–H and O–H groups in total. The van der Waals surface area contributed by atoms with Crippen LogP contribution in [0.2, 0.25) is 5.02 Å². The van der Waals surface area contributed by atoms with Gasteiger partial charge in [-0.1, -0.05) is 29.8 Å². The van der Waals surface area contributed by atoms with Crippen molar-refractivity contribution in [3.05, 3.63) is 64.9 Å². The van der Waals surface area contributed by atoms with Crippen LogP contribution < -0.4 is 20.7 Å². The lowest BCUT2D eigenvalue weighted by Crippen LogP contribution is -2.26. The van der Waals surface area contributed by atoms with Crippen LogP contribution in [0.3, 0.4) is 0 Å². The fourth-order valence-corrected chi connectivity index (χ4v) is 4.66. The summed E-state index contributed by atoms with van der Waals surface area (Å²) in [6, 6.07) is 13.4. The van der Waals surface area contributed by atoms with Crippen molar-refractivity contribution in [3.63, 3.8) is 0 Å². The summed E-state index contributed by atoms with van der Waals surface area (Å²) in [5.41, 5.74) is 4.39. The van der Waals surface area contributed by atoms with E-state index in [0.717, 1.165) is 48.1 Å². The van der Waals surface area contributed by atoms with Gasteiger partial charge in [0, 0.05) is 34.9 Å². The molecule has 1 aliphatic heterocycles. The third-order valence-corrected chi connectivity index (χ3v) is 6.66. The van der Waals surface area contributed by atoms with Crippen molar-refractivity contribution >= 4 is 56.9 Å². The van der Waals surface area contributed by atoms with E-state index in [1.807, 2.05) is 36.4 Å². The maximum atomic E-state index is 11.0. The number of fused-ring (bicyclic) bond motifs is 1. The molecular weight excluding hydrogens is 488 g/mol. The lowest BCUT2D eigenvalue weighted by Gasteiger charge is -2.21. The summed E-state index contributed by atoms with van der Waals surface area (Å²) in [5.74, 6) is 1.27. The molecule has 10 nitrogen and oxygen atoms in total. The van der Waals surface area contributed by atoms with Crippen LogP contribution in [-0.4, -0.2) is 42.0 Å². The monoisotopic (exact) mass is 512 g/mol. The zero-order chi connectivity index (χ0) is 24.2. The normalized spacial score (nSPS) is 15.3. The summed E-state index contributed by atoms with van der Waals surface area (Å²) in [4.78, 5) is 8.83. The highest BCUT2D eigenvalue weighted by Crippen LogP contribution is 2.32. The maximum absolute atomic E-state index is 11.0. The molecule has 5 rings (SSSR count). The highest BCUT2D eigenvalue weighted by molar-refractivity contribution is 7.77. The van der Waals surface area contributed by atoms with Gasteiger partial charge in [-0.05, 0) is 55.8 Å². The van der Waals surface area contributed by atoms with Crippen molar-refractivity contribution in [2.24, 2.45) is 0 Å². The maximum Gasteiger partial charge on any atom is 0.232 e. The van der Waals surface area contributed by atoms with Gasteiger partial charge in [-0.3, -0.25) is 9.65 Å². The number of nitrogens with zero attached hydrogens (tertiary/aromatic N) is 3. The number of nitrogens with one attached hydrogen (secondary N) is 5. The second kappa shape index (κ2) is 10.7. The van der Waals surface area contributed by atoms with Crippen molar-refractivity contribution < 1.29 is 8.76 Å². The number of aromatic nitrogens is 4. The predicted molar refractivity (Wildman–Crippen MR) is 139 cm³/mol. The van der Waals surface area contributed by atoms with Crippen LogP contribution in [0.25, 0.3) is 10.9 Å². The summed E-state index contributed by atoms with van der Waals surface area (Å²) in [6.45, 7) is 2.25. The Morgan fingerprint density at radius 1 is 1.14 bits per heavy atom. The first-order valence-electron chi connectivity index (χ1n) is 11.2. The summed E-state index contributed by atoms with van der Waals surface area (Å²) in [7, 11) is 0. The topological polar surface area (TPSA) is 140 Å². The SMILES string of the molecule is O=S(O)NCc1ccccc1Nc1nc(Nc2ccc3c(C4CCNCC4)[nH]nc3c2)ncc1Cl. The summed E-state index contributed by atoms with van der Waals surface area (Å²) in [6.07, 6.45) is 3.72. The predicted octanol–water partition coefficient (Wildman–Crippen LogP) is 4.19. The molecular formula is C23H25ClN8O2S. The average molecular weight is 513 g/mol. The molecule has 1 unspecified atom stereocenters. The molecule has 0 aliphatic carbocycles. The Balaban J connectivity index is 1.34. The first kappa shape index (κ1) is 23.6. The Bertz CT molecular complexity index is 1360. The minimum Gasteiger partial charge on any atom is -0.339 e. The number of hydrogen-bond acceptors (Lipinski definition) is 7. The van der Waals surface area contributed by atoms with Gasteiger partial charge in [-0.15, -0.1) is 0 Å². The molecule has 1 saturated heterocycles. The third-order valence-electron chi connectivity index (χ3n) is 5.99. The second-order valence-corrected chi connectivity index (χ2v) is 9.46. The molecule has 182 valence electrons. The Hall–Kier alpha value is -3.09. The van der Waals surface area contributed by atoms with Gasteiger partial charge in [0.1, 0.15) is 5.02 Å². The van der Waals surface area contributed by atoms with E-state index in [0.29, 0.717) is 28.4 Å². The number of H-pyrrole nitrogens is 1. The zero-order valence-electron chi connectivity index (χ0n) is 18.7. The number of piperidine rings is 1. The van der Waals surface area contributed by atoms with Crippen molar-refractivity contribution in [1.82, 2.24) is 30.2 Å². The Kier molecular flexibility index (Phi) is 7.21. The fourth-order valence-electron chi connectivity index (χ4n) is 4.24. The van der Waals surface area contributed by atoms with Crippen LogP contribution in [-0.2, 0) is 17.8 Å². The van der Waals surface area contributed by atoms with E-state index >= 15 is 0 Å². The number of rotatable bonds is 8. The van der Waals surface area contributed by atoms with Crippen LogP contribution in [0.4, 0.5) is 23.1 Å². The van der Waals surface area contributed by atoms with E-state index in [9.17, 15) is 4.21 Å². The van der Waals surface area contributed by atoms with E-state index in [2.05, 4.69) is 46.9 Å². The molecule has 35 heavy (non-hydrogen) atoms. The highest BCUT2D eigenvalue weighted by atomic mass is 35.5. The van der Waals surface area contributed by atoms with Gasteiger partial charge in [0.25, 0.3) is 0 Å². The first-order chi connectivity index (χ1) is 17.1. The van der Waals surface area contributed by atoms with E-state index < -0.39 is 11.3 Å². The largest absolute Gasteiger partial charge is 0.339 e. The van der Waals surface area contributed by atoms with Crippen molar-refractivity contribution in [1.29, 1.82) is 0 Å². The Morgan fingerprint density at radius 2 is 1.97 bits per heavy atom. The van der Waals surface area contributed by atoms with E-state index in [-0.39, 0.29) is 6.54 Å². The van der Waals surface area contributed by atoms with Gasteiger partial charge in [0.15, 0.2) is 5.82 Å². The average Bonchev–Trinajstić information content (AvgIpc) is 3.29. The summed E-state index contributed by atoms with van der Waals surface area (Å²) >= 11 is 4.23. The lowest BCUT2D eigenvalue weighted by atomic mass is 9.92. The van der Waals surface area contributed by atoms with Crippen LogP contribution in [0.1, 0.15) is 30.0 Å². The summed E-state index contributed by atoms with van der Waals surface area (Å²) in [5, 5.41) is 19.1. The molecule has 0 spiro atoms. The summed E-state index contributed by atoms with van der Waals surface area (Å²) < 4.78 is 22.5. The molecule has 0 bridgehead atoms. The van der Waals surface area contributed by atoms with E-state index in [4.69, 9.17) is 16.2 Å². The minimum absolute atomic E-state index is 0.198. The highest BCUT2D eigenvalue weighted by Gasteiger charge is 2.20. The van der Waals surface area contributed by atoms with Gasteiger partial charge in [0.05, 0.1) is 11.7 Å². The standard InChI is InChI=1S/C23H25ClN8O2S/c24-18-13-26-23(30-22(18)29-19-4-2-1-3-15(19)12-27-35(33)34)28-16-5-6-17-20(11-16)31-32-21(17)14-7-9-25-10-8-14/h1-6,11,13-14,25,27H,7-10,12H2,(H,31,32)(H,33,34)(H2,26,28,29,30). The van der Waals surface area contributed by atoms with Crippen molar-refractivity contribution in [3.8, 4) is 0 Å². The van der Waals surface area contributed by atoms with E-state index in [1.54, 1.807) is 0 Å². The van der Waals surface area contributed by atoms with Crippen LogP contribution in [0, 0.1) is 0 Å². The number of anilines is 4. The molecule has 1 fully saturated rings. The van der Waals surface area contributed by atoms with Gasteiger partial charge in [0.2, 0.25) is 17.2 Å². The molecule has 2 aromatic heterocycles. The molecule has 0 saturated carbocycles. The number of benzene rings is 2. The second-order valence-electron chi connectivity index (χ2n) is 8.26. The number of halogens is 1. The van der Waals surface area contributed by atoms with Gasteiger partial charge in [-0.2, -0.15) is 10.1 Å². The molecule has 1 aliphatic rings. The fraction of sp³-hybridized carbons (Fsp3) is 0.261. The number of aromatic amines is 1. The number of hydrogen-bond donors (Lipinski definition) is 6. The van der Waals surface area contributed by atoms with Crippen LogP contribution in [0.5, 0.6) is 0 Å². The Labute approximate surface area is 209 Å². The minimum atomic E-state index is -2.11. The smallest absolute Gasteiger partial charge is 0.232 e. The molecule has 0 radical (unpaired) electrons. The molecule has 12 heteroatoms. The van der Waals surface area contributed by atoms with Gasteiger partial charge >= 0.3 is 0 Å². The van der Waals surface area contributed by atoms with Gasteiger partial charge in [-0.25, -0.2) is 13.9 Å². The van der Waals surface area contributed by atoms with Crippen LogP contribution in [0.15, 0.2) is 48.7 Å². The molecule has 4 aromatic rings. The molecule has 2 aromatic carbocycles. The molecule has 1 atom stereocenters. The van der Waals surface area contributed by atoms with Gasteiger partial charge < -0.3 is 16.0 Å². The van der Waals surface area contributed by atoms with Crippen molar-refractivity contribution in [2.75, 3.05) is 23.7 Å². The molecule has 0 amide bonds. The third kappa shape index (κ3) is 5.60. The van der Waals surface area contributed by atoms with Crippen molar-refractivity contribution in [2.45, 2.75) is 25.3 Å². The molecule has 3 heterocycles. The van der Waals surface area contributed by atoms with E-state index in [1.165, 1.54) is 11.9 Å². The Morgan fingerprint density at radius 3 is 2.80 bits per heavy atom.